The Morgan fingerprint density at radius 3 is 2.47 bits per heavy atom. The lowest BCUT2D eigenvalue weighted by atomic mass is 9.87. The summed E-state index contributed by atoms with van der Waals surface area (Å²) in [5.74, 6) is 0.529. The number of ether oxygens (including phenoxy) is 1. The molecule has 0 aromatic heterocycles. The highest BCUT2D eigenvalue weighted by Crippen LogP contribution is 2.26. The van der Waals surface area contributed by atoms with Gasteiger partial charge in [0.2, 0.25) is 0 Å². The fraction of sp³-hybridized carbons (Fsp3) is 0.824. The fourth-order valence-corrected chi connectivity index (χ4v) is 2.70. The lowest BCUT2D eigenvalue weighted by molar-refractivity contribution is -0.139. The van der Waals surface area contributed by atoms with E-state index in [-0.39, 0.29) is 5.97 Å². The first kappa shape index (κ1) is 16.3. The Morgan fingerprint density at radius 1 is 1.11 bits per heavy atom. The third-order valence-electron chi connectivity index (χ3n) is 3.96. The second kappa shape index (κ2) is 10.1. The van der Waals surface area contributed by atoms with Gasteiger partial charge in [-0.2, -0.15) is 0 Å². The molecule has 2 nitrogen and oxygen atoms in total. The van der Waals surface area contributed by atoms with Gasteiger partial charge in [0.05, 0.1) is 6.61 Å². The Balaban J connectivity index is 2.31. The second-order valence-electron chi connectivity index (χ2n) is 5.64. The molecule has 1 rings (SSSR count). The van der Waals surface area contributed by atoms with Crippen molar-refractivity contribution in [2.45, 2.75) is 78.1 Å². The Hall–Kier alpha value is -0.790. The average molecular weight is 266 g/mol. The van der Waals surface area contributed by atoms with E-state index in [4.69, 9.17) is 4.74 Å². The molecular formula is C17H30O2. The van der Waals surface area contributed by atoms with Crippen LogP contribution in [-0.4, -0.2) is 12.6 Å². The zero-order valence-electron chi connectivity index (χ0n) is 12.7. The first-order valence-corrected chi connectivity index (χ1v) is 8.15. The van der Waals surface area contributed by atoms with Gasteiger partial charge in [0.25, 0.3) is 0 Å². The van der Waals surface area contributed by atoms with Crippen molar-refractivity contribution < 1.29 is 9.53 Å². The van der Waals surface area contributed by atoms with Crippen molar-refractivity contribution in [2.75, 3.05) is 6.61 Å². The van der Waals surface area contributed by atoms with Crippen LogP contribution in [0.4, 0.5) is 0 Å². The van der Waals surface area contributed by atoms with Gasteiger partial charge in [0.15, 0.2) is 0 Å². The van der Waals surface area contributed by atoms with Gasteiger partial charge < -0.3 is 4.74 Å². The van der Waals surface area contributed by atoms with Crippen molar-refractivity contribution >= 4 is 5.97 Å². The van der Waals surface area contributed by atoms with E-state index in [1.807, 2.05) is 6.92 Å². The summed E-state index contributed by atoms with van der Waals surface area (Å²) < 4.78 is 5.38. The van der Waals surface area contributed by atoms with Gasteiger partial charge in [-0.05, 0) is 31.6 Å². The van der Waals surface area contributed by atoms with Gasteiger partial charge in [-0.25, -0.2) is 4.79 Å². The third kappa shape index (κ3) is 6.79. The Morgan fingerprint density at radius 2 is 1.84 bits per heavy atom. The number of allylic oxidation sites excluding steroid dienone is 1. The molecule has 0 aromatic rings. The van der Waals surface area contributed by atoms with Crippen LogP contribution in [0.5, 0.6) is 0 Å². The monoisotopic (exact) mass is 266 g/mol. The number of esters is 1. The molecular weight excluding hydrogens is 236 g/mol. The van der Waals surface area contributed by atoms with Crippen molar-refractivity contribution in [3.05, 3.63) is 11.6 Å². The van der Waals surface area contributed by atoms with Gasteiger partial charge in [-0.15, -0.1) is 0 Å². The van der Waals surface area contributed by atoms with Gasteiger partial charge in [0, 0.05) is 5.57 Å². The van der Waals surface area contributed by atoms with Crippen LogP contribution in [0.25, 0.3) is 0 Å². The van der Waals surface area contributed by atoms with Crippen LogP contribution in [-0.2, 0) is 9.53 Å². The van der Waals surface area contributed by atoms with Gasteiger partial charge >= 0.3 is 5.97 Å². The van der Waals surface area contributed by atoms with E-state index in [9.17, 15) is 4.79 Å². The van der Waals surface area contributed by atoms with E-state index in [1.165, 1.54) is 44.9 Å². The number of carbonyl (C=O) groups excluding carboxylic acids is 1. The molecule has 0 spiro atoms. The lowest BCUT2D eigenvalue weighted by Crippen LogP contribution is -2.12. The zero-order valence-corrected chi connectivity index (χ0v) is 12.7. The summed E-state index contributed by atoms with van der Waals surface area (Å²) >= 11 is 0. The molecule has 0 aromatic carbocycles. The summed E-state index contributed by atoms with van der Waals surface area (Å²) in [4.78, 5) is 12.0. The largest absolute Gasteiger partial charge is 0.462 e. The Labute approximate surface area is 118 Å². The van der Waals surface area contributed by atoms with Crippen LogP contribution in [0, 0.1) is 5.92 Å². The highest BCUT2D eigenvalue weighted by molar-refractivity contribution is 5.88. The third-order valence-corrected chi connectivity index (χ3v) is 3.96. The van der Waals surface area contributed by atoms with Crippen LogP contribution in [0.2, 0.25) is 0 Å². The van der Waals surface area contributed by atoms with Crippen LogP contribution >= 0.6 is 0 Å². The number of carbonyl (C=O) groups is 1. The van der Waals surface area contributed by atoms with Gasteiger partial charge in [-0.3, -0.25) is 0 Å². The molecule has 0 radical (unpaired) electrons. The molecule has 2 heteroatoms. The van der Waals surface area contributed by atoms with E-state index >= 15 is 0 Å². The smallest absolute Gasteiger partial charge is 0.333 e. The minimum absolute atomic E-state index is 0.0791. The maximum Gasteiger partial charge on any atom is 0.333 e. The van der Waals surface area contributed by atoms with Crippen LogP contribution in [0.15, 0.2) is 11.6 Å². The normalized spacial score (nSPS) is 17.5. The van der Waals surface area contributed by atoms with Crippen LogP contribution < -0.4 is 0 Å². The fourth-order valence-electron chi connectivity index (χ4n) is 2.70. The highest BCUT2D eigenvalue weighted by Gasteiger charge is 2.15. The summed E-state index contributed by atoms with van der Waals surface area (Å²) in [7, 11) is 0. The predicted octanol–water partition coefficient (Wildman–Crippen LogP) is 5.03. The van der Waals surface area contributed by atoms with Crippen molar-refractivity contribution in [1.82, 2.24) is 0 Å². The summed E-state index contributed by atoms with van der Waals surface area (Å²) in [5, 5.41) is 0. The molecule has 0 unspecified atom stereocenters. The van der Waals surface area contributed by atoms with Crippen molar-refractivity contribution in [1.29, 1.82) is 0 Å². The van der Waals surface area contributed by atoms with E-state index in [2.05, 4.69) is 13.0 Å². The highest BCUT2D eigenvalue weighted by atomic mass is 16.5. The molecule has 0 amide bonds. The molecule has 0 N–H and O–H groups in total. The minimum Gasteiger partial charge on any atom is -0.462 e. The topological polar surface area (TPSA) is 26.3 Å². The predicted molar refractivity (Wildman–Crippen MR) is 80.1 cm³/mol. The molecule has 1 fully saturated rings. The van der Waals surface area contributed by atoms with Gasteiger partial charge in [0.1, 0.15) is 0 Å². The molecule has 1 saturated carbocycles. The summed E-state index contributed by atoms with van der Waals surface area (Å²) in [5.41, 5.74) is 0.891. The van der Waals surface area contributed by atoms with Crippen molar-refractivity contribution in [2.24, 2.45) is 5.92 Å². The van der Waals surface area contributed by atoms with E-state index in [0.29, 0.717) is 12.5 Å². The number of hydrogen-bond donors (Lipinski definition) is 0. The van der Waals surface area contributed by atoms with E-state index in [0.717, 1.165) is 24.8 Å². The Kier molecular flexibility index (Phi) is 8.61. The maximum absolute atomic E-state index is 12.0. The Bertz CT molecular complexity index is 275. The summed E-state index contributed by atoms with van der Waals surface area (Å²) in [6, 6.07) is 0. The molecule has 19 heavy (non-hydrogen) atoms. The van der Waals surface area contributed by atoms with E-state index in [1.54, 1.807) is 0 Å². The lowest BCUT2D eigenvalue weighted by Gasteiger charge is -2.19. The second-order valence-corrected chi connectivity index (χ2v) is 5.64. The minimum atomic E-state index is -0.0791. The first-order chi connectivity index (χ1) is 9.27. The molecule has 110 valence electrons. The van der Waals surface area contributed by atoms with E-state index < -0.39 is 0 Å². The quantitative estimate of drug-likeness (QED) is 0.350. The average Bonchev–Trinajstić information content (AvgIpc) is 2.45. The first-order valence-electron chi connectivity index (χ1n) is 8.15. The number of unbranched alkanes of at least 4 members (excludes halogenated alkanes) is 3. The molecule has 0 atom stereocenters. The van der Waals surface area contributed by atoms with Crippen molar-refractivity contribution in [3.8, 4) is 0 Å². The zero-order chi connectivity index (χ0) is 13.9. The molecule has 0 saturated heterocycles. The van der Waals surface area contributed by atoms with Crippen LogP contribution in [0.1, 0.15) is 78.1 Å². The summed E-state index contributed by atoms with van der Waals surface area (Å²) in [6.07, 6.45) is 14.1. The molecule has 0 bridgehead atoms. The van der Waals surface area contributed by atoms with Gasteiger partial charge in [-0.1, -0.05) is 58.4 Å². The maximum atomic E-state index is 12.0. The SMILES string of the molecule is CCCCCCOC(=O)C(=CC1CCCCC1)CC. The molecule has 1 aliphatic rings. The standard InChI is InChI=1S/C17H30O2/c1-3-5-6-10-13-19-17(18)16(4-2)14-15-11-8-7-9-12-15/h14-15H,3-13H2,1-2H3. The molecule has 0 heterocycles. The summed E-state index contributed by atoms with van der Waals surface area (Å²) in [6.45, 7) is 4.82. The van der Waals surface area contributed by atoms with Crippen molar-refractivity contribution in [3.63, 3.8) is 0 Å². The molecule has 0 aliphatic heterocycles. The molecule has 1 aliphatic carbocycles. The van der Waals surface area contributed by atoms with Crippen LogP contribution in [0.3, 0.4) is 0 Å². The number of hydrogen-bond acceptors (Lipinski definition) is 2. The number of rotatable bonds is 8.